The lowest BCUT2D eigenvalue weighted by atomic mass is 9.95. The number of methoxy groups -OCH3 is 1. The lowest BCUT2D eigenvalue weighted by molar-refractivity contribution is 0.171. The van der Waals surface area contributed by atoms with E-state index < -0.39 is 0 Å². The van der Waals surface area contributed by atoms with Crippen molar-refractivity contribution in [2.24, 2.45) is 5.41 Å². The molecule has 1 aromatic carbocycles. The summed E-state index contributed by atoms with van der Waals surface area (Å²) in [5.41, 5.74) is 2.06. The number of aliphatic hydroxyl groups is 1. The molecule has 0 saturated heterocycles. The molecule has 2 N–H and O–H groups in total. The van der Waals surface area contributed by atoms with Crippen molar-refractivity contribution in [1.82, 2.24) is 0 Å². The van der Waals surface area contributed by atoms with Crippen molar-refractivity contribution in [3.8, 4) is 5.75 Å². The van der Waals surface area contributed by atoms with E-state index in [1.807, 2.05) is 39.0 Å². The molecule has 90 valence electrons. The molecule has 0 unspecified atom stereocenters. The Morgan fingerprint density at radius 2 is 2.06 bits per heavy atom. The van der Waals surface area contributed by atoms with Crippen LogP contribution in [0, 0.1) is 12.3 Å². The Balaban J connectivity index is 2.65. The zero-order valence-corrected chi connectivity index (χ0v) is 10.5. The minimum absolute atomic E-state index is 0.103. The van der Waals surface area contributed by atoms with Gasteiger partial charge in [0.2, 0.25) is 0 Å². The highest BCUT2D eigenvalue weighted by molar-refractivity contribution is 5.50. The average Bonchev–Trinajstić information content (AvgIpc) is 2.27. The maximum atomic E-state index is 9.15. The van der Waals surface area contributed by atoms with E-state index in [1.165, 1.54) is 0 Å². The number of hydrogen-bond acceptors (Lipinski definition) is 3. The number of aliphatic hydroxyl groups excluding tert-OH is 1. The SMILES string of the molecule is COc1ccc(NCC(C)(C)CO)cc1C. The smallest absolute Gasteiger partial charge is 0.121 e. The minimum Gasteiger partial charge on any atom is -0.496 e. The topological polar surface area (TPSA) is 41.5 Å². The van der Waals surface area contributed by atoms with Crippen molar-refractivity contribution in [2.45, 2.75) is 20.8 Å². The molecule has 0 amide bonds. The lowest BCUT2D eigenvalue weighted by Gasteiger charge is -2.22. The van der Waals surface area contributed by atoms with Crippen molar-refractivity contribution in [3.63, 3.8) is 0 Å². The van der Waals surface area contributed by atoms with Gasteiger partial charge in [0.05, 0.1) is 7.11 Å². The van der Waals surface area contributed by atoms with Gasteiger partial charge in [-0.15, -0.1) is 0 Å². The van der Waals surface area contributed by atoms with Crippen molar-refractivity contribution < 1.29 is 9.84 Å². The van der Waals surface area contributed by atoms with E-state index in [4.69, 9.17) is 9.84 Å². The molecule has 0 spiro atoms. The molecule has 1 aromatic rings. The summed E-state index contributed by atoms with van der Waals surface area (Å²) in [7, 11) is 1.67. The molecule has 3 nitrogen and oxygen atoms in total. The van der Waals surface area contributed by atoms with Crippen molar-refractivity contribution >= 4 is 5.69 Å². The first-order chi connectivity index (χ1) is 7.48. The number of ether oxygens (including phenoxy) is 1. The summed E-state index contributed by atoms with van der Waals surface area (Å²) in [5, 5.41) is 12.5. The van der Waals surface area contributed by atoms with E-state index in [0.29, 0.717) is 0 Å². The van der Waals surface area contributed by atoms with E-state index in [1.54, 1.807) is 7.11 Å². The average molecular weight is 223 g/mol. The molecule has 3 heteroatoms. The highest BCUT2D eigenvalue weighted by atomic mass is 16.5. The Kier molecular flexibility index (Phi) is 4.19. The number of anilines is 1. The molecule has 0 atom stereocenters. The monoisotopic (exact) mass is 223 g/mol. The van der Waals surface area contributed by atoms with Gasteiger partial charge in [-0.2, -0.15) is 0 Å². The number of hydrogen-bond donors (Lipinski definition) is 2. The molecule has 0 aromatic heterocycles. The highest BCUT2D eigenvalue weighted by Crippen LogP contribution is 2.22. The summed E-state index contributed by atoms with van der Waals surface area (Å²) in [5.74, 6) is 0.895. The molecule has 0 heterocycles. The zero-order chi connectivity index (χ0) is 12.2. The van der Waals surface area contributed by atoms with E-state index >= 15 is 0 Å². The quantitative estimate of drug-likeness (QED) is 0.805. The van der Waals surface area contributed by atoms with E-state index in [0.717, 1.165) is 23.5 Å². The first kappa shape index (κ1) is 12.8. The van der Waals surface area contributed by atoms with Crippen molar-refractivity contribution in [3.05, 3.63) is 23.8 Å². The van der Waals surface area contributed by atoms with Gasteiger partial charge in [-0.05, 0) is 30.7 Å². The number of aryl methyl sites for hydroxylation is 1. The normalized spacial score (nSPS) is 11.3. The Morgan fingerprint density at radius 3 is 2.56 bits per heavy atom. The van der Waals surface area contributed by atoms with Crippen LogP contribution in [-0.2, 0) is 0 Å². The molecule has 0 bridgehead atoms. The summed E-state index contributed by atoms with van der Waals surface area (Å²) in [6.07, 6.45) is 0. The van der Waals surface area contributed by atoms with Crippen molar-refractivity contribution in [2.75, 3.05) is 25.6 Å². The first-order valence-electron chi connectivity index (χ1n) is 5.48. The van der Waals surface area contributed by atoms with Crippen LogP contribution >= 0.6 is 0 Å². The van der Waals surface area contributed by atoms with Crippen LogP contribution in [0.4, 0.5) is 5.69 Å². The second kappa shape index (κ2) is 5.21. The van der Waals surface area contributed by atoms with Crippen LogP contribution in [0.25, 0.3) is 0 Å². The summed E-state index contributed by atoms with van der Waals surface area (Å²) in [6.45, 7) is 6.98. The third-order valence-corrected chi connectivity index (χ3v) is 2.59. The van der Waals surface area contributed by atoms with Gasteiger partial charge in [-0.25, -0.2) is 0 Å². The van der Waals surface area contributed by atoms with E-state index in [9.17, 15) is 0 Å². The molecule has 0 radical (unpaired) electrons. The maximum Gasteiger partial charge on any atom is 0.121 e. The minimum atomic E-state index is -0.103. The summed E-state index contributed by atoms with van der Waals surface area (Å²) >= 11 is 0. The Bertz CT molecular complexity index is 348. The zero-order valence-electron chi connectivity index (χ0n) is 10.5. The van der Waals surface area contributed by atoms with Gasteiger partial charge in [-0.3, -0.25) is 0 Å². The van der Waals surface area contributed by atoms with Gasteiger partial charge >= 0.3 is 0 Å². The van der Waals surface area contributed by atoms with Gasteiger partial charge in [0.15, 0.2) is 0 Å². The summed E-state index contributed by atoms with van der Waals surface area (Å²) < 4.78 is 5.20. The van der Waals surface area contributed by atoms with Gasteiger partial charge in [0.25, 0.3) is 0 Å². The molecule has 0 aliphatic rings. The first-order valence-corrected chi connectivity index (χ1v) is 5.48. The van der Waals surface area contributed by atoms with Crippen LogP contribution in [0.5, 0.6) is 5.75 Å². The third kappa shape index (κ3) is 3.42. The van der Waals surface area contributed by atoms with Gasteiger partial charge in [0.1, 0.15) is 5.75 Å². The van der Waals surface area contributed by atoms with Gasteiger partial charge in [0, 0.05) is 24.3 Å². The van der Waals surface area contributed by atoms with Crippen molar-refractivity contribution in [1.29, 1.82) is 0 Å². The van der Waals surface area contributed by atoms with Crippen LogP contribution in [-0.4, -0.2) is 25.4 Å². The molecule has 1 rings (SSSR count). The van der Waals surface area contributed by atoms with Crippen LogP contribution < -0.4 is 10.1 Å². The molecular formula is C13H21NO2. The lowest BCUT2D eigenvalue weighted by Crippen LogP contribution is -2.26. The van der Waals surface area contributed by atoms with E-state index in [2.05, 4.69) is 5.32 Å². The number of nitrogens with one attached hydrogen (secondary N) is 1. The van der Waals surface area contributed by atoms with Crippen LogP contribution in [0.3, 0.4) is 0 Å². The Morgan fingerprint density at radius 1 is 1.38 bits per heavy atom. The Labute approximate surface area is 97.4 Å². The third-order valence-electron chi connectivity index (χ3n) is 2.59. The second-order valence-electron chi connectivity index (χ2n) is 4.86. The fraction of sp³-hybridized carbons (Fsp3) is 0.538. The van der Waals surface area contributed by atoms with E-state index in [-0.39, 0.29) is 12.0 Å². The maximum absolute atomic E-state index is 9.15. The Hall–Kier alpha value is -1.22. The largest absolute Gasteiger partial charge is 0.496 e. The highest BCUT2D eigenvalue weighted by Gasteiger charge is 2.15. The van der Waals surface area contributed by atoms with Crippen LogP contribution in [0.15, 0.2) is 18.2 Å². The summed E-state index contributed by atoms with van der Waals surface area (Å²) in [4.78, 5) is 0. The molecular weight excluding hydrogens is 202 g/mol. The molecule has 0 aliphatic carbocycles. The molecule has 16 heavy (non-hydrogen) atoms. The summed E-state index contributed by atoms with van der Waals surface area (Å²) in [6, 6.07) is 5.98. The fourth-order valence-electron chi connectivity index (χ4n) is 1.39. The molecule has 0 saturated carbocycles. The van der Waals surface area contributed by atoms with Gasteiger partial charge < -0.3 is 15.2 Å². The predicted molar refractivity (Wildman–Crippen MR) is 67.1 cm³/mol. The van der Waals surface area contributed by atoms with Crippen LogP contribution in [0.2, 0.25) is 0 Å². The predicted octanol–water partition coefficient (Wildman–Crippen LogP) is 2.43. The molecule has 0 aliphatic heterocycles. The number of benzene rings is 1. The molecule has 0 fully saturated rings. The fourth-order valence-corrected chi connectivity index (χ4v) is 1.39. The van der Waals surface area contributed by atoms with Crippen LogP contribution in [0.1, 0.15) is 19.4 Å². The van der Waals surface area contributed by atoms with Gasteiger partial charge in [-0.1, -0.05) is 13.8 Å². The standard InChI is InChI=1S/C13H21NO2/c1-10-7-11(5-6-12(10)16-4)14-8-13(2,3)9-15/h5-7,14-15H,8-9H2,1-4H3. The number of rotatable bonds is 5. The second-order valence-corrected chi connectivity index (χ2v) is 4.86.